The van der Waals surface area contributed by atoms with E-state index in [0.717, 1.165) is 68.4 Å². The first kappa shape index (κ1) is 28.1. The molecule has 0 spiro atoms. The molecule has 3 aliphatic rings. The van der Waals surface area contributed by atoms with Crippen molar-refractivity contribution in [3.8, 4) is 17.2 Å². The smallest absolute Gasteiger partial charge is 0.343 e. The minimum Gasteiger partial charge on any atom is -0.493 e. The Labute approximate surface area is 226 Å². The molecule has 10 nitrogen and oxygen atoms in total. The second-order valence-electron chi connectivity index (χ2n) is 11.3. The highest BCUT2D eigenvalue weighted by Crippen LogP contribution is 2.42. The van der Waals surface area contributed by atoms with Gasteiger partial charge in [-0.2, -0.15) is 5.06 Å². The monoisotopic (exact) mass is 532 g/mol. The first-order valence-electron chi connectivity index (χ1n) is 13.9. The number of nitrogens with one attached hydrogen (secondary N) is 1. The zero-order valence-corrected chi connectivity index (χ0v) is 23.5. The van der Waals surface area contributed by atoms with E-state index < -0.39 is 17.7 Å². The number of urea groups is 2. The van der Waals surface area contributed by atoms with Crippen LogP contribution in [0.1, 0.15) is 83.6 Å². The van der Waals surface area contributed by atoms with E-state index in [1.807, 2.05) is 26.0 Å². The highest BCUT2D eigenvalue weighted by atomic mass is 16.5. The van der Waals surface area contributed by atoms with E-state index in [1.54, 1.807) is 31.1 Å². The standard InChI is InChI=1S/C28H44N4O6/c1-28(2)25(32(35)26(33)29-20-12-8-6-9-13-20)31(21-14-10-7-11-15-21)27(34)30(28)18-19-16-22(36-3)24(38-5)23(17-19)37-4/h16-17,20-21,25,35H,6-15,18H2,1-5H3,(H,29,33)/t25-/m1/s1. The highest BCUT2D eigenvalue weighted by Gasteiger charge is 2.57. The van der Waals surface area contributed by atoms with Crippen molar-refractivity contribution >= 4 is 12.1 Å². The molecule has 0 unspecified atom stereocenters. The molecule has 38 heavy (non-hydrogen) atoms. The van der Waals surface area contributed by atoms with Crippen LogP contribution in [0.3, 0.4) is 0 Å². The number of amides is 4. The van der Waals surface area contributed by atoms with Gasteiger partial charge in [0.05, 0.1) is 26.9 Å². The van der Waals surface area contributed by atoms with Crippen LogP contribution in [0.5, 0.6) is 17.2 Å². The fourth-order valence-electron chi connectivity index (χ4n) is 6.38. The van der Waals surface area contributed by atoms with E-state index in [1.165, 1.54) is 6.42 Å². The number of methoxy groups -OCH3 is 3. The Morgan fingerprint density at radius 3 is 2.05 bits per heavy atom. The summed E-state index contributed by atoms with van der Waals surface area (Å²) in [6, 6.07) is 2.93. The Kier molecular flexibility index (Phi) is 8.80. The maximum Gasteiger partial charge on any atom is 0.343 e. The second-order valence-corrected chi connectivity index (χ2v) is 11.3. The summed E-state index contributed by atoms with van der Waals surface area (Å²) < 4.78 is 16.5. The van der Waals surface area contributed by atoms with Crippen LogP contribution >= 0.6 is 0 Å². The molecule has 2 aliphatic carbocycles. The first-order valence-corrected chi connectivity index (χ1v) is 13.9. The normalized spacial score (nSPS) is 22.4. The molecule has 2 saturated carbocycles. The molecule has 10 heteroatoms. The van der Waals surface area contributed by atoms with Crippen LogP contribution in [-0.4, -0.2) is 77.3 Å². The van der Waals surface area contributed by atoms with Crippen molar-refractivity contribution in [2.24, 2.45) is 0 Å². The van der Waals surface area contributed by atoms with Gasteiger partial charge < -0.3 is 24.4 Å². The van der Waals surface area contributed by atoms with Crippen molar-refractivity contribution in [1.29, 1.82) is 0 Å². The predicted octanol–water partition coefficient (Wildman–Crippen LogP) is 5.12. The van der Waals surface area contributed by atoms with Gasteiger partial charge in [-0.3, -0.25) is 10.1 Å². The molecule has 4 rings (SSSR count). The molecule has 1 aliphatic heterocycles. The fourth-order valence-corrected chi connectivity index (χ4v) is 6.38. The summed E-state index contributed by atoms with van der Waals surface area (Å²) in [5.74, 6) is 1.48. The van der Waals surface area contributed by atoms with Gasteiger partial charge in [-0.1, -0.05) is 38.5 Å². The van der Waals surface area contributed by atoms with Crippen LogP contribution < -0.4 is 19.5 Å². The number of hydrogen-bond acceptors (Lipinski definition) is 6. The van der Waals surface area contributed by atoms with Gasteiger partial charge in [0.15, 0.2) is 17.7 Å². The van der Waals surface area contributed by atoms with E-state index in [-0.39, 0.29) is 24.7 Å². The molecule has 0 bridgehead atoms. The number of rotatable bonds is 8. The van der Waals surface area contributed by atoms with Crippen molar-refractivity contribution in [2.75, 3.05) is 21.3 Å². The average Bonchev–Trinajstić information content (AvgIpc) is 3.13. The van der Waals surface area contributed by atoms with E-state index >= 15 is 0 Å². The number of hydroxylamine groups is 2. The zero-order chi connectivity index (χ0) is 27.4. The molecule has 1 atom stereocenters. The first-order chi connectivity index (χ1) is 18.2. The topological polar surface area (TPSA) is 104 Å². The lowest BCUT2D eigenvalue weighted by molar-refractivity contribution is -0.141. The van der Waals surface area contributed by atoms with Gasteiger partial charge >= 0.3 is 12.1 Å². The number of nitrogens with zero attached hydrogens (tertiary/aromatic N) is 3. The Balaban J connectivity index is 1.65. The van der Waals surface area contributed by atoms with Gasteiger partial charge in [-0.05, 0) is 57.2 Å². The fraction of sp³-hybridized carbons (Fsp3) is 0.714. The summed E-state index contributed by atoms with van der Waals surface area (Å²) >= 11 is 0. The quantitative estimate of drug-likeness (QED) is 0.356. The lowest BCUT2D eigenvalue weighted by Gasteiger charge is -2.42. The van der Waals surface area contributed by atoms with Crippen molar-refractivity contribution in [1.82, 2.24) is 20.2 Å². The third-order valence-electron chi connectivity index (χ3n) is 8.45. The van der Waals surface area contributed by atoms with Crippen molar-refractivity contribution < 1.29 is 29.0 Å². The molecule has 1 aromatic carbocycles. The number of ether oxygens (including phenoxy) is 3. The highest BCUT2D eigenvalue weighted by molar-refractivity contribution is 5.81. The summed E-state index contributed by atoms with van der Waals surface area (Å²) in [4.78, 5) is 30.9. The third-order valence-corrected chi connectivity index (χ3v) is 8.45. The Morgan fingerprint density at radius 1 is 0.974 bits per heavy atom. The lowest BCUT2D eigenvalue weighted by atomic mass is 9.92. The van der Waals surface area contributed by atoms with E-state index in [9.17, 15) is 14.8 Å². The van der Waals surface area contributed by atoms with Crippen molar-refractivity contribution in [2.45, 2.75) is 108 Å². The maximum atomic E-state index is 14.1. The predicted molar refractivity (Wildman–Crippen MR) is 143 cm³/mol. The second kappa shape index (κ2) is 11.9. The van der Waals surface area contributed by atoms with Crippen molar-refractivity contribution in [3.63, 3.8) is 0 Å². The molecule has 0 aromatic heterocycles. The summed E-state index contributed by atoms with van der Waals surface area (Å²) in [5, 5.41) is 15.1. The summed E-state index contributed by atoms with van der Waals surface area (Å²) in [7, 11) is 4.66. The zero-order valence-electron chi connectivity index (χ0n) is 23.5. The molecule has 3 fully saturated rings. The molecule has 2 N–H and O–H groups in total. The Bertz CT molecular complexity index is 965. The minimum atomic E-state index is -0.881. The Morgan fingerprint density at radius 2 is 1.53 bits per heavy atom. The van der Waals surface area contributed by atoms with Crippen LogP contribution in [0, 0.1) is 0 Å². The molecule has 212 valence electrons. The Hall–Kier alpha value is -2.88. The number of hydrogen-bond donors (Lipinski definition) is 2. The summed E-state index contributed by atoms with van der Waals surface area (Å²) in [6.45, 7) is 4.07. The maximum absolute atomic E-state index is 14.1. The van der Waals surface area contributed by atoms with Gasteiger partial charge in [0, 0.05) is 18.6 Å². The van der Waals surface area contributed by atoms with Gasteiger partial charge in [0.1, 0.15) is 0 Å². The summed E-state index contributed by atoms with van der Waals surface area (Å²) in [5.41, 5.74) is -0.0885. The van der Waals surface area contributed by atoms with E-state index in [0.29, 0.717) is 17.2 Å². The molecule has 4 amide bonds. The van der Waals surface area contributed by atoms with Crippen molar-refractivity contribution in [3.05, 3.63) is 17.7 Å². The third kappa shape index (κ3) is 5.46. The van der Waals surface area contributed by atoms with Gasteiger partial charge in [0.25, 0.3) is 0 Å². The van der Waals surface area contributed by atoms with Crippen LogP contribution in [-0.2, 0) is 6.54 Å². The summed E-state index contributed by atoms with van der Waals surface area (Å²) in [6.07, 6.45) is 9.19. The SMILES string of the molecule is COc1cc(CN2C(=O)N(C3CCCCC3)[C@H](N(O)C(=O)NC3CCCCC3)C2(C)C)cc(OC)c1OC. The molecular formula is C28H44N4O6. The van der Waals surface area contributed by atoms with Crippen LogP contribution in [0.25, 0.3) is 0 Å². The molecule has 0 radical (unpaired) electrons. The molecule has 1 heterocycles. The molecule has 1 saturated heterocycles. The van der Waals surface area contributed by atoms with E-state index in [4.69, 9.17) is 14.2 Å². The van der Waals surface area contributed by atoms with E-state index in [2.05, 4.69) is 5.32 Å². The van der Waals surface area contributed by atoms with Gasteiger partial charge in [0.2, 0.25) is 5.75 Å². The number of benzene rings is 1. The van der Waals surface area contributed by atoms with Gasteiger partial charge in [-0.15, -0.1) is 0 Å². The largest absolute Gasteiger partial charge is 0.493 e. The average molecular weight is 533 g/mol. The number of carbonyl (C=O) groups excluding carboxylic acids is 2. The van der Waals surface area contributed by atoms with Crippen LogP contribution in [0.4, 0.5) is 9.59 Å². The van der Waals surface area contributed by atoms with Gasteiger partial charge in [-0.25, -0.2) is 9.59 Å². The van der Waals surface area contributed by atoms with Crippen LogP contribution in [0.15, 0.2) is 12.1 Å². The van der Waals surface area contributed by atoms with Crippen LogP contribution in [0.2, 0.25) is 0 Å². The minimum absolute atomic E-state index is 0.0393. The molecule has 1 aromatic rings. The number of carbonyl (C=O) groups is 2. The molecular weight excluding hydrogens is 488 g/mol. The lowest BCUT2D eigenvalue weighted by Crippen LogP contribution is -2.61.